The molecule has 0 fully saturated rings. The topological polar surface area (TPSA) is 102 Å². The number of hydrogen-bond donors (Lipinski definition) is 0. The second-order valence-corrected chi connectivity index (χ2v) is 23.5. The summed E-state index contributed by atoms with van der Waals surface area (Å²) in [6, 6.07) is 23.8. The number of aryl methyl sites for hydroxylation is 12. The number of rotatable bonds is 18. The van der Waals surface area contributed by atoms with E-state index in [9.17, 15) is 28.3 Å². The maximum absolute atomic E-state index is 14.5. The fraction of sp³-hybridized carbons (Fsp3) is 0.393. The molecule has 8 heteroatoms. The van der Waals surface area contributed by atoms with Crippen molar-refractivity contribution in [1.82, 2.24) is 0 Å². The highest BCUT2D eigenvalue weighted by Crippen LogP contribution is 2.55. The second-order valence-electron chi connectivity index (χ2n) is 18.2. The average molecular weight is 901 g/mol. The van der Waals surface area contributed by atoms with Gasteiger partial charge in [0.05, 0.1) is 0 Å². The molecule has 0 N–H and O–H groups in total. The van der Waals surface area contributed by atoms with E-state index in [0.717, 1.165) is 86.0 Å². The first-order valence-corrected chi connectivity index (χ1v) is 26.5. The maximum Gasteiger partial charge on any atom is 0.248 e. The van der Waals surface area contributed by atoms with Gasteiger partial charge in [-0.05, 0) is 134 Å². The molecular formula is C56H70O6P2. The van der Waals surface area contributed by atoms with Gasteiger partial charge in [0.1, 0.15) is 0 Å². The van der Waals surface area contributed by atoms with Gasteiger partial charge in [-0.3, -0.25) is 19.2 Å². The van der Waals surface area contributed by atoms with Gasteiger partial charge in [-0.25, -0.2) is 0 Å². The molecule has 0 aliphatic carbocycles. The normalized spacial score (nSPS) is 11.5. The maximum atomic E-state index is 14.5. The van der Waals surface area contributed by atoms with E-state index in [0.29, 0.717) is 28.7 Å². The van der Waals surface area contributed by atoms with Crippen LogP contribution in [0.25, 0.3) is 0 Å². The summed E-state index contributed by atoms with van der Waals surface area (Å²) in [5.74, 6) is 0. The smallest absolute Gasteiger partial charge is 0.248 e. The summed E-state index contributed by atoms with van der Waals surface area (Å²) in [4.78, 5) is 55.4. The number of carbonyl (C=O) groups excluding carboxylic acids is 4. The predicted molar refractivity (Wildman–Crippen MR) is 269 cm³/mol. The lowest BCUT2D eigenvalue weighted by Crippen LogP contribution is -2.23. The van der Waals surface area contributed by atoms with E-state index in [1.165, 1.54) is 25.7 Å². The Bertz CT molecular complexity index is 2410. The zero-order chi connectivity index (χ0) is 47.7. The van der Waals surface area contributed by atoms with E-state index in [-0.39, 0.29) is 11.5 Å². The molecule has 340 valence electrons. The number of benzene rings is 5. The lowest BCUT2D eigenvalue weighted by Gasteiger charge is -2.21. The van der Waals surface area contributed by atoms with E-state index in [1.54, 1.807) is 30.3 Å². The molecule has 6 nitrogen and oxygen atoms in total. The van der Waals surface area contributed by atoms with Gasteiger partial charge in [-0.15, -0.1) is 0 Å². The largest absolute Gasteiger partial charge is 0.307 e. The molecule has 0 unspecified atom stereocenters. The summed E-state index contributed by atoms with van der Waals surface area (Å²) in [7, 11) is -7.94. The van der Waals surface area contributed by atoms with Crippen LogP contribution in [0.3, 0.4) is 0 Å². The van der Waals surface area contributed by atoms with Crippen molar-refractivity contribution >= 4 is 41.7 Å². The van der Waals surface area contributed by atoms with Crippen LogP contribution in [0.4, 0.5) is 0 Å². The van der Waals surface area contributed by atoms with E-state index >= 15 is 0 Å². The molecule has 64 heavy (non-hydrogen) atoms. The van der Waals surface area contributed by atoms with Crippen LogP contribution >= 0.6 is 14.3 Å². The molecule has 0 aliphatic rings. The van der Waals surface area contributed by atoms with Crippen LogP contribution in [0, 0.1) is 83.1 Å². The first-order valence-electron chi connectivity index (χ1n) is 22.9. The van der Waals surface area contributed by atoms with Gasteiger partial charge in [0.25, 0.3) is 0 Å². The van der Waals surface area contributed by atoms with Crippen molar-refractivity contribution in [2.75, 3.05) is 6.16 Å². The highest BCUT2D eigenvalue weighted by Gasteiger charge is 2.45. The van der Waals surface area contributed by atoms with Crippen LogP contribution in [0.15, 0.2) is 78.9 Å². The van der Waals surface area contributed by atoms with Crippen molar-refractivity contribution in [1.29, 1.82) is 0 Å². The second kappa shape index (κ2) is 22.4. The van der Waals surface area contributed by atoms with Crippen molar-refractivity contribution in [2.45, 2.75) is 141 Å². The van der Waals surface area contributed by atoms with Gasteiger partial charge in [0, 0.05) is 33.7 Å². The molecule has 0 aliphatic heterocycles. The average Bonchev–Trinajstić information content (AvgIpc) is 3.20. The van der Waals surface area contributed by atoms with Crippen LogP contribution < -0.4 is 5.30 Å². The molecule has 5 aromatic carbocycles. The molecule has 0 bridgehead atoms. The Kier molecular flexibility index (Phi) is 18.2. The lowest BCUT2D eigenvalue weighted by molar-refractivity contribution is 0.102. The SMILES string of the molecule is CCCCCCCCCCP(=O)(C(=O)c1c(C)cc(C)cc1C)C(=O)c1c(C)cc(C)cc1C.Cc1cc(C)c(C(=O)P(=O)(C(=O)c2c(C)cc(C)cc2C)c2ccccc2)c(C)c1. The van der Waals surface area contributed by atoms with Crippen molar-refractivity contribution < 1.29 is 28.3 Å². The van der Waals surface area contributed by atoms with Crippen LogP contribution in [0.1, 0.15) is 166 Å². The minimum absolute atomic E-state index is 0.152. The van der Waals surface area contributed by atoms with E-state index in [1.807, 2.05) is 132 Å². The molecular weight excluding hydrogens is 831 g/mol. The third-order valence-corrected chi connectivity index (χ3v) is 17.6. The highest BCUT2D eigenvalue weighted by molar-refractivity contribution is 8.01. The fourth-order valence-electron chi connectivity index (χ4n) is 9.47. The Morgan fingerprint density at radius 3 is 0.938 bits per heavy atom. The van der Waals surface area contributed by atoms with Gasteiger partial charge in [-0.1, -0.05) is 153 Å². The summed E-state index contributed by atoms with van der Waals surface area (Å²) in [6.07, 6.45) is 8.85. The molecule has 0 saturated heterocycles. The number of carbonyl (C=O) groups is 4. The van der Waals surface area contributed by atoms with Crippen molar-refractivity contribution in [3.8, 4) is 0 Å². The zero-order valence-electron chi connectivity index (χ0n) is 40.7. The molecule has 5 rings (SSSR count). The lowest BCUT2D eigenvalue weighted by atomic mass is 10.0. The molecule has 0 aromatic heterocycles. The Balaban J connectivity index is 0.000000282. The minimum Gasteiger partial charge on any atom is -0.307 e. The highest BCUT2D eigenvalue weighted by atomic mass is 31.2. The predicted octanol–water partition coefficient (Wildman–Crippen LogP) is 15.2. The number of unbranched alkanes of at least 4 members (excludes halogenated alkanes) is 7. The summed E-state index contributed by atoms with van der Waals surface area (Å²) in [5, 5.41) is 0.277. The summed E-state index contributed by atoms with van der Waals surface area (Å²) < 4.78 is 29.0. The van der Waals surface area contributed by atoms with Gasteiger partial charge in [0.15, 0.2) is 0 Å². The van der Waals surface area contributed by atoms with E-state index in [2.05, 4.69) is 6.92 Å². The first kappa shape index (κ1) is 51.9. The Hall–Kier alpha value is -4.76. The molecule has 0 radical (unpaired) electrons. The molecule has 0 spiro atoms. The minimum atomic E-state index is -4.11. The third-order valence-electron chi connectivity index (χ3n) is 12.2. The zero-order valence-corrected chi connectivity index (χ0v) is 42.5. The standard InChI is InChI=1S/C30H43O3P.C26H27O3P/c1-8-9-10-11-12-13-14-15-16-34(33,29(31)27-23(4)17-21(2)18-24(27)5)30(32)28-25(6)19-22(3)20-26(28)7;1-16-12-18(3)23(19(4)13-16)25(27)30(29,22-10-8-7-9-11-22)26(28)24-20(5)14-17(2)15-21(24)6/h17-20H,8-16H2,1-7H3;7-15H,1-6H3. The first-order chi connectivity index (χ1) is 30.1. The van der Waals surface area contributed by atoms with E-state index in [4.69, 9.17) is 0 Å². The monoisotopic (exact) mass is 900 g/mol. The van der Waals surface area contributed by atoms with Crippen molar-refractivity contribution in [3.05, 3.63) is 168 Å². The molecule has 0 atom stereocenters. The molecule has 0 heterocycles. The Morgan fingerprint density at radius 1 is 0.375 bits per heavy atom. The molecule has 5 aromatic rings. The summed E-state index contributed by atoms with van der Waals surface area (Å²) in [5.41, 5.74) is 9.85. The number of hydrogen-bond acceptors (Lipinski definition) is 6. The summed E-state index contributed by atoms with van der Waals surface area (Å²) >= 11 is 0. The fourth-order valence-corrected chi connectivity index (χ4v) is 14.7. The van der Waals surface area contributed by atoms with Crippen molar-refractivity contribution in [2.24, 2.45) is 0 Å². The van der Waals surface area contributed by atoms with Crippen LogP contribution in [-0.4, -0.2) is 28.3 Å². The van der Waals surface area contributed by atoms with Crippen LogP contribution in [0.2, 0.25) is 0 Å². The van der Waals surface area contributed by atoms with Gasteiger partial charge in [-0.2, -0.15) is 0 Å². The Labute approximate surface area is 383 Å². The van der Waals surface area contributed by atoms with Gasteiger partial charge < -0.3 is 9.13 Å². The Morgan fingerprint density at radius 2 is 0.641 bits per heavy atom. The van der Waals surface area contributed by atoms with E-state index < -0.39 is 36.4 Å². The van der Waals surface area contributed by atoms with Crippen molar-refractivity contribution in [3.63, 3.8) is 0 Å². The van der Waals surface area contributed by atoms with Gasteiger partial charge >= 0.3 is 0 Å². The third kappa shape index (κ3) is 11.7. The molecule has 0 saturated carbocycles. The quantitative estimate of drug-likeness (QED) is 0.0641. The molecule has 0 amide bonds. The van der Waals surface area contributed by atoms with Crippen LogP contribution in [-0.2, 0) is 9.13 Å². The van der Waals surface area contributed by atoms with Crippen LogP contribution in [0.5, 0.6) is 0 Å². The summed E-state index contributed by atoms with van der Waals surface area (Å²) in [6.45, 7) is 24.9. The van der Waals surface area contributed by atoms with Gasteiger partial charge in [0.2, 0.25) is 36.4 Å².